The average Bonchev–Trinajstić information content (AvgIpc) is 3.17. The summed E-state index contributed by atoms with van der Waals surface area (Å²) in [6.45, 7) is 5.59. The topological polar surface area (TPSA) is 31.4 Å². The Morgan fingerprint density at radius 2 is 2.05 bits per heavy atom. The highest BCUT2D eigenvalue weighted by atomic mass is 32.1. The molecule has 5 heteroatoms. The van der Waals surface area contributed by atoms with Crippen LogP contribution in [0.15, 0.2) is 35.8 Å². The quantitative estimate of drug-likeness (QED) is 0.942. The van der Waals surface area contributed by atoms with E-state index in [1.54, 1.807) is 11.3 Å². The Labute approximate surface area is 129 Å². The third kappa shape index (κ3) is 2.76. The van der Waals surface area contributed by atoms with E-state index < -0.39 is 0 Å². The Balaban J connectivity index is 1.30. The smallest absolute Gasteiger partial charge is 0.185 e. The summed E-state index contributed by atoms with van der Waals surface area (Å²) < 4.78 is 0. The fourth-order valence-corrected chi connectivity index (χ4v) is 3.99. The van der Waals surface area contributed by atoms with Gasteiger partial charge < -0.3 is 10.2 Å². The van der Waals surface area contributed by atoms with Crippen molar-refractivity contribution in [1.82, 2.24) is 9.88 Å². The molecule has 2 aromatic rings. The molecule has 1 saturated heterocycles. The molecule has 4 rings (SSSR count). The second-order valence-corrected chi connectivity index (χ2v) is 6.68. The molecule has 1 aromatic carbocycles. The summed E-state index contributed by atoms with van der Waals surface area (Å²) in [6, 6.07) is 9.24. The van der Waals surface area contributed by atoms with E-state index in [4.69, 9.17) is 0 Å². The number of hydrogen-bond acceptors (Lipinski definition) is 5. The zero-order valence-corrected chi connectivity index (χ0v) is 12.9. The molecule has 1 fully saturated rings. The second-order valence-electron chi connectivity index (χ2n) is 5.80. The number of fused-ring (bicyclic) bond motifs is 1. The molecule has 4 nitrogen and oxygen atoms in total. The van der Waals surface area contributed by atoms with Gasteiger partial charge in [-0.15, -0.1) is 11.3 Å². The maximum absolute atomic E-state index is 4.41. The van der Waals surface area contributed by atoms with Crippen molar-refractivity contribution in [3.05, 3.63) is 41.4 Å². The highest BCUT2D eigenvalue weighted by Gasteiger charge is 2.25. The van der Waals surface area contributed by atoms with E-state index in [-0.39, 0.29) is 0 Å². The summed E-state index contributed by atoms with van der Waals surface area (Å²) in [4.78, 5) is 9.39. The van der Waals surface area contributed by atoms with E-state index in [9.17, 15) is 0 Å². The largest absolute Gasteiger partial charge is 0.380 e. The summed E-state index contributed by atoms with van der Waals surface area (Å²) in [7, 11) is 0. The lowest BCUT2D eigenvalue weighted by Gasteiger charge is -2.35. The normalized spacial score (nSPS) is 22.1. The third-order valence-corrected chi connectivity index (χ3v) is 5.22. The van der Waals surface area contributed by atoms with Crippen LogP contribution in [0.1, 0.15) is 5.56 Å². The minimum Gasteiger partial charge on any atom is -0.380 e. The first-order valence-corrected chi connectivity index (χ1v) is 8.48. The molecule has 1 N–H and O–H groups in total. The minimum atomic E-state index is 0.564. The number of para-hydroxylation sites is 1. The highest BCUT2D eigenvalue weighted by Crippen LogP contribution is 2.26. The Hall–Kier alpha value is -1.59. The van der Waals surface area contributed by atoms with E-state index in [0.717, 1.165) is 39.1 Å². The highest BCUT2D eigenvalue weighted by molar-refractivity contribution is 7.13. The van der Waals surface area contributed by atoms with Crippen LogP contribution in [0.25, 0.3) is 0 Å². The van der Waals surface area contributed by atoms with Crippen LogP contribution in [0.2, 0.25) is 0 Å². The van der Waals surface area contributed by atoms with Gasteiger partial charge in [-0.25, -0.2) is 4.98 Å². The van der Waals surface area contributed by atoms with Crippen molar-refractivity contribution in [1.29, 1.82) is 0 Å². The molecule has 0 bridgehead atoms. The van der Waals surface area contributed by atoms with Crippen molar-refractivity contribution in [2.24, 2.45) is 0 Å². The maximum atomic E-state index is 4.41. The monoisotopic (exact) mass is 300 g/mol. The standard InChI is InChI=1S/C16H20N4S/c1-2-4-15-13(3-1)11-14(18-15)12-19-6-8-20(9-7-19)16-17-5-10-21-16/h1-5,10,14,18H,6-9,11-12H2. The molecule has 110 valence electrons. The third-order valence-electron chi connectivity index (χ3n) is 4.38. The van der Waals surface area contributed by atoms with Crippen LogP contribution >= 0.6 is 11.3 Å². The van der Waals surface area contributed by atoms with Crippen molar-refractivity contribution in [2.75, 3.05) is 42.9 Å². The van der Waals surface area contributed by atoms with Gasteiger partial charge in [-0.3, -0.25) is 4.90 Å². The van der Waals surface area contributed by atoms with Crippen molar-refractivity contribution in [3.63, 3.8) is 0 Å². The molecule has 1 aromatic heterocycles. The molecule has 0 radical (unpaired) electrons. The number of hydrogen-bond donors (Lipinski definition) is 1. The van der Waals surface area contributed by atoms with Gasteiger partial charge >= 0.3 is 0 Å². The maximum Gasteiger partial charge on any atom is 0.185 e. The second kappa shape index (κ2) is 5.66. The lowest BCUT2D eigenvalue weighted by atomic mass is 10.1. The minimum absolute atomic E-state index is 0.564. The molecule has 0 amide bonds. The van der Waals surface area contributed by atoms with Gasteiger partial charge in [-0.1, -0.05) is 18.2 Å². The number of anilines is 2. The van der Waals surface area contributed by atoms with Crippen LogP contribution in [0, 0.1) is 0 Å². The Bertz CT molecular complexity index is 565. The zero-order valence-electron chi connectivity index (χ0n) is 12.0. The van der Waals surface area contributed by atoms with Gasteiger partial charge in [0.05, 0.1) is 0 Å². The molecule has 1 unspecified atom stereocenters. The molecule has 2 aliphatic heterocycles. The summed E-state index contributed by atoms with van der Waals surface area (Å²) in [5.74, 6) is 0. The van der Waals surface area contributed by atoms with Gasteiger partial charge in [0.2, 0.25) is 0 Å². The number of nitrogens with one attached hydrogen (secondary N) is 1. The Kier molecular flexibility index (Phi) is 3.53. The van der Waals surface area contributed by atoms with Gasteiger partial charge in [-0.05, 0) is 18.1 Å². The van der Waals surface area contributed by atoms with E-state index in [1.165, 1.54) is 16.4 Å². The van der Waals surface area contributed by atoms with Gasteiger partial charge in [0.15, 0.2) is 5.13 Å². The summed E-state index contributed by atoms with van der Waals surface area (Å²) in [6.07, 6.45) is 3.05. The van der Waals surface area contributed by atoms with Crippen LogP contribution in [0.4, 0.5) is 10.8 Å². The van der Waals surface area contributed by atoms with Crippen LogP contribution in [0.3, 0.4) is 0 Å². The van der Waals surface area contributed by atoms with Crippen LogP contribution in [-0.2, 0) is 6.42 Å². The first kappa shape index (κ1) is 13.1. The molecular formula is C16H20N4S. The summed E-state index contributed by atoms with van der Waals surface area (Å²) >= 11 is 1.74. The number of nitrogens with zero attached hydrogens (tertiary/aromatic N) is 3. The fourth-order valence-electron chi connectivity index (χ4n) is 3.29. The SMILES string of the molecule is c1ccc2c(c1)CC(CN1CCN(c3nccs3)CC1)N2. The number of rotatable bonds is 3. The van der Waals surface area contributed by atoms with Crippen molar-refractivity contribution < 1.29 is 0 Å². The lowest BCUT2D eigenvalue weighted by Crippen LogP contribution is -2.49. The Morgan fingerprint density at radius 3 is 2.81 bits per heavy atom. The van der Waals surface area contributed by atoms with Gasteiger partial charge in [-0.2, -0.15) is 0 Å². The van der Waals surface area contributed by atoms with Crippen molar-refractivity contribution in [3.8, 4) is 0 Å². The van der Waals surface area contributed by atoms with Crippen LogP contribution < -0.4 is 10.2 Å². The molecule has 1 atom stereocenters. The first-order valence-electron chi connectivity index (χ1n) is 7.60. The molecule has 2 aliphatic rings. The molecule has 0 saturated carbocycles. The van der Waals surface area contributed by atoms with Gasteiger partial charge in [0.1, 0.15) is 0 Å². The van der Waals surface area contributed by atoms with E-state index >= 15 is 0 Å². The van der Waals surface area contributed by atoms with Crippen molar-refractivity contribution in [2.45, 2.75) is 12.5 Å². The zero-order chi connectivity index (χ0) is 14.1. The molecule has 3 heterocycles. The number of benzene rings is 1. The number of thiazole rings is 1. The lowest BCUT2D eigenvalue weighted by molar-refractivity contribution is 0.248. The van der Waals surface area contributed by atoms with E-state index in [1.807, 2.05) is 6.20 Å². The summed E-state index contributed by atoms with van der Waals surface area (Å²) in [5, 5.41) is 6.88. The van der Waals surface area contributed by atoms with Gasteiger partial charge in [0, 0.05) is 56.0 Å². The van der Waals surface area contributed by atoms with Gasteiger partial charge in [0.25, 0.3) is 0 Å². The van der Waals surface area contributed by atoms with Crippen LogP contribution in [0.5, 0.6) is 0 Å². The predicted molar refractivity (Wildman–Crippen MR) is 88.3 cm³/mol. The van der Waals surface area contributed by atoms with E-state index in [0.29, 0.717) is 6.04 Å². The molecule has 0 aliphatic carbocycles. The summed E-state index contributed by atoms with van der Waals surface area (Å²) in [5.41, 5.74) is 2.79. The number of aromatic nitrogens is 1. The molecule has 21 heavy (non-hydrogen) atoms. The van der Waals surface area contributed by atoms with E-state index in [2.05, 4.69) is 49.7 Å². The number of piperazine rings is 1. The fraction of sp³-hybridized carbons (Fsp3) is 0.438. The molecular weight excluding hydrogens is 280 g/mol. The Morgan fingerprint density at radius 1 is 1.19 bits per heavy atom. The first-order chi connectivity index (χ1) is 10.4. The van der Waals surface area contributed by atoms with Crippen molar-refractivity contribution >= 4 is 22.2 Å². The average molecular weight is 300 g/mol. The van der Waals surface area contributed by atoms with Crippen LogP contribution in [-0.4, -0.2) is 48.6 Å². The molecule has 0 spiro atoms. The predicted octanol–water partition coefficient (Wildman–Crippen LogP) is 2.30.